The van der Waals surface area contributed by atoms with Gasteiger partial charge < -0.3 is 0 Å². The van der Waals surface area contributed by atoms with Crippen LogP contribution < -0.4 is 5.32 Å². The van der Waals surface area contributed by atoms with Gasteiger partial charge in [0.05, 0.1) is 10.8 Å². The van der Waals surface area contributed by atoms with Crippen molar-refractivity contribution in [1.82, 2.24) is 5.32 Å². The Bertz CT molecular complexity index is 854. The van der Waals surface area contributed by atoms with Crippen molar-refractivity contribution in [3.05, 3.63) is 59.2 Å². The van der Waals surface area contributed by atoms with Crippen LogP contribution in [0.2, 0.25) is 0 Å². The number of halogens is 7. The first-order chi connectivity index (χ1) is 13.4. The van der Waals surface area contributed by atoms with Gasteiger partial charge >= 0.3 is 12.4 Å². The molecular weight excluding hydrogens is 476 g/mol. The Morgan fingerprint density at radius 3 is 2.00 bits per heavy atom. The first-order valence-corrected chi connectivity index (χ1v) is 10.5. The molecule has 2 rings (SSSR count). The van der Waals surface area contributed by atoms with Crippen LogP contribution in [0.15, 0.2) is 53.6 Å². The predicted octanol–water partition coefficient (Wildman–Crippen LogP) is 5.19. The van der Waals surface area contributed by atoms with E-state index in [9.17, 15) is 35.9 Å². The lowest BCUT2D eigenvalue weighted by atomic mass is 9.86. The average molecular weight is 492 g/mol. The van der Waals surface area contributed by atoms with Crippen molar-refractivity contribution in [2.24, 2.45) is 0 Å². The fourth-order valence-electron chi connectivity index (χ4n) is 2.90. The lowest BCUT2D eigenvalue weighted by Crippen LogP contribution is -2.53. The first kappa shape index (κ1) is 26.4. The smallest absolute Gasteiger partial charge is 0.288 e. The molecule has 0 spiro atoms. The minimum atomic E-state index is -5.22. The average Bonchev–Trinajstić information content (AvgIpc) is 2.65. The van der Waals surface area contributed by atoms with Gasteiger partial charge in [0.2, 0.25) is 0 Å². The third-order valence-corrected chi connectivity index (χ3v) is 6.78. The number of carbonyl (C=O) groups is 2. The lowest BCUT2D eigenvalue weighted by molar-refractivity contribution is -0.152. The van der Waals surface area contributed by atoms with Gasteiger partial charge in [-0.2, -0.15) is 38.1 Å². The Morgan fingerprint density at radius 1 is 1.00 bits per heavy atom. The number of carbonyl (C=O) groups excluding carboxylic acids is 2. The van der Waals surface area contributed by atoms with Gasteiger partial charge in [-0.05, 0) is 24.6 Å². The molecule has 0 saturated carbocycles. The minimum absolute atomic E-state index is 0. The van der Waals surface area contributed by atoms with Crippen molar-refractivity contribution in [2.45, 2.75) is 22.3 Å². The molecule has 0 bridgehead atoms. The summed E-state index contributed by atoms with van der Waals surface area (Å²) in [7, 11) is 0. The monoisotopic (exact) mass is 491 g/mol. The van der Waals surface area contributed by atoms with Crippen LogP contribution in [0.5, 0.6) is 0 Å². The van der Waals surface area contributed by atoms with E-state index in [4.69, 9.17) is 0 Å². The highest BCUT2D eigenvalue weighted by Gasteiger charge is 2.63. The lowest BCUT2D eigenvalue weighted by Gasteiger charge is -2.42. The molecule has 2 unspecified atom stereocenters. The van der Waals surface area contributed by atoms with Crippen molar-refractivity contribution in [3.8, 4) is 0 Å². The second kappa shape index (κ2) is 9.69. The van der Waals surface area contributed by atoms with Crippen LogP contribution in [0.1, 0.15) is 10.4 Å². The third kappa shape index (κ3) is 5.00. The standard InChI is InChI=1S/C18H15F6NO2S2.ClH/c1-28-13-12(17(19,20)21)11(8-9-16(13,29-2)18(22,23)24)15(27)25-14(26)10-6-4-3-5-7-10;/h3-9,13H,1-2H3,(H,25,26,27);1H. The van der Waals surface area contributed by atoms with E-state index in [0.717, 1.165) is 12.5 Å². The molecule has 1 N–H and O–H groups in total. The molecule has 0 fully saturated rings. The van der Waals surface area contributed by atoms with Crippen LogP contribution in [0.3, 0.4) is 0 Å². The summed E-state index contributed by atoms with van der Waals surface area (Å²) in [6, 6.07) is 7.24. The second-order valence-electron chi connectivity index (χ2n) is 5.92. The highest BCUT2D eigenvalue weighted by Crippen LogP contribution is 2.55. The van der Waals surface area contributed by atoms with Gasteiger partial charge in [0, 0.05) is 11.1 Å². The number of benzene rings is 1. The first-order valence-electron chi connectivity index (χ1n) is 7.95. The summed E-state index contributed by atoms with van der Waals surface area (Å²) < 4.78 is 79.6. The van der Waals surface area contributed by atoms with E-state index >= 15 is 0 Å². The zero-order valence-electron chi connectivity index (χ0n) is 15.4. The second-order valence-corrected chi connectivity index (χ2v) is 7.95. The zero-order valence-corrected chi connectivity index (χ0v) is 17.9. The normalized spacial score (nSPS) is 21.8. The van der Waals surface area contributed by atoms with Gasteiger partial charge in [-0.25, -0.2) is 0 Å². The zero-order chi connectivity index (χ0) is 22.0. The molecule has 1 aliphatic rings. The summed E-state index contributed by atoms with van der Waals surface area (Å²) in [5.74, 6) is -2.38. The molecule has 1 aromatic rings. The molecule has 0 aliphatic heterocycles. The number of imide groups is 1. The van der Waals surface area contributed by atoms with Crippen molar-refractivity contribution < 1.29 is 35.9 Å². The number of alkyl halides is 6. The molecule has 0 heterocycles. The summed E-state index contributed by atoms with van der Waals surface area (Å²) in [5.41, 5.74) is -2.63. The molecule has 3 nitrogen and oxygen atoms in total. The van der Waals surface area contributed by atoms with Gasteiger partial charge in [-0.15, -0.1) is 24.2 Å². The van der Waals surface area contributed by atoms with Gasteiger partial charge in [-0.1, -0.05) is 30.4 Å². The van der Waals surface area contributed by atoms with Crippen molar-refractivity contribution >= 4 is 47.7 Å². The molecule has 2 amide bonds. The molecule has 0 saturated heterocycles. The van der Waals surface area contributed by atoms with Crippen LogP contribution in [0, 0.1) is 0 Å². The van der Waals surface area contributed by atoms with Crippen LogP contribution in [0.25, 0.3) is 0 Å². The highest BCUT2D eigenvalue weighted by molar-refractivity contribution is 8.04. The molecular formula is C18H16ClF6NO2S2. The van der Waals surface area contributed by atoms with Gasteiger partial charge in [-0.3, -0.25) is 14.9 Å². The fraction of sp³-hybridized carbons (Fsp3) is 0.333. The van der Waals surface area contributed by atoms with Crippen LogP contribution in [0.4, 0.5) is 26.3 Å². The molecule has 1 aliphatic carbocycles. The van der Waals surface area contributed by atoms with Crippen molar-refractivity contribution in [1.29, 1.82) is 0 Å². The fourth-order valence-corrected chi connectivity index (χ4v) is 5.30. The number of rotatable bonds is 4. The van der Waals surface area contributed by atoms with E-state index in [0.29, 0.717) is 23.9 Å². The van der Waals surface area contributed by atoms with E-state index in [-0.39, 0.29) is 29.7 Å². The largest absolute Gasteiger partial charge is 0.414 e. The molecule has 30 heavy (non-hydrogen) atoms. The molecule has 2 atom stereocenters. The molecule has 0 aromatic heterocycles. The van der Waals surface area contributed by atoms with Gasteiger partial charge in [0.25, 0.3) is 11.8 Å². The van der Waals surface area contributed by atoms with Crippen LogP contribution in [-0.2, 0) is 4.79 Å². The predicted molar refractivity (Wildman–Crippen MR) is 108 cm³/mol. The molecule has 0 radical (unpaired) electrons. The Hall–Kier alpha value is -1.59. The van der Waals surface area contributed by atoms with Crippen LogP contribution in [-0.4, -0.2) is 46.7 Å². The van der Waals surface area contributed by atoms with Crippen molar-refractivity contribution in [3.63, 3.8) is 0 Å². The van der Waals surface area contributed by atoms with E-state index in [2.05, 4.69) is 0 Å². The number of amides is 2. The SMILES string of the molecule is CSC1C(C(F)(F)F)=C(C(=O)NC(=O)c2ccccc2)C=CC1(SC)C(F)(F)F.Cl. The number of nitrogens with one attached hydrogen (secondary N) is 1. The number of thioether (sulfide) groups is 2. The Balaban J connectivity index is 0.00000450. The summed E-state index contributed by atoms with van der Waals surface area (Å²) in [4.78, 5) is 24.5. The maximum atomic E-state index is 13.8. The quantitative estimate of drug-likeness (QED) is 0.465. The Kier molecular flexibility index (Phi) is 8.54. The van der Waals surface area contributed by atoms with Gasteiger partial charge in [0.1, 0.15) is 4.75 Å². The summed E-state index contributed by atoms with van der Waals surface area (Å²) >= 11 is 0.552. The summed E-state index contributed by atoms with van der Waals surface area (Å²) in [6.07, 6.45) is -7.01. The highest BCUT2D eigenvalue weighted by atomic mass is 35.5. The Labute approximate surface area is 183 Å². The van der Waals surface area contributed by atoms with Gasteiger partial charge in [0.15, 0.2) is 0 Å². The molecule has 12 heteroatoms. The summed E-state index contributed by atoms with van der Waals surface area (Å²) in [6.45, 7) is 0. The van der Waals surface area contributed by atoms with Crippen molar-refractivity contribution in [2.75, 3.05) is 12.5 Å². The van der Waals surface area contributed by atoms with Crippen LogP contribution >= 0.6 is 35.9 Å². The topological polar surface area (TPSA) is 46.2 Å². The van der Waals surface area contributed by atoms with E-state index < -0.39 is 45.3 Å². The molecule has 166 valence electrons. The van der Waals surface area contributed by atoms with E-state index in [1.165, 1.54) is 24.3 Å². The third-order valence-electron chi connectivity index (χ3n) is 4.27. The number of hydrogen-bond donors (Lipinski definition) is 1. The van der Waals surface area contributed by atoms with E-state index in [1.54, 1.807) is 6.07 Å². The summed E-state index contributed by atoms with van der Waals surface area (Å²) in [5, 5.41) is -0.317. The molecule has 1 aromatic carbocycles. The minimum Gasteiger partial charge on any atom is -0.288 e. The Morgan fingerprint density at radius 2 is 1.57 bits per heavy atom. The number of hydrogen-bond acceptors (Lipinski definition) is 4. The van der Waals surface area contributed by atoms with E-state index in [1.807, 2.05) is 5.32 Å². The maximum Gasteiger partial charge on any atom is 0.414 e. The maximum absolute atomic E-state index is 13.8.